The van der Waals surface area contributed by atoms with Gasteiger partial charge < -0.3 is 14.8 Å². The summed E-state index contributed by atoms with van der Waals surface area (Å²) >= 11 is 0. The zero-order chi connectivity index (χ0) is 24.5. The Kier molecular flexibility index (Phi) is 6.74. The average Bonchev–Trinajstić information content (AvgIpc) is 2.83. The lowest BCUT2D eigenvalue weighted by Gasteiger charge is -2.34. The second-order valence-corrected chi connectivity index (χ2v) is 12.0. The van der Waals surface area contributed by atoms with Crippen molar-refractivity contribution in [3.63, 3.8) is 0 Å². The lowest BCUT2D eigenvalue weighted by molar-refractivity contribution is -0.122. The fourth-order valence-electron chi connectivity index (χ4n) is 4.07. The summed E-state index contributed by atoms with van der Waals surface area (Å²) in [7, 11) is -5.99. The van der Waals surface area contributed by atoms with Crippen molar-refractivity contribution in [2.24, 2.45) is 0 Å². The smallest absolute Gasteiger partial charge is 0.267 e. The molecule has 12 heteroatoms. The second-order valence-electron chi connectivity index (χ2n) is 8.18. The minimum atomic E-state index is -3.73. The maximum Gasteiger partial charge on any atom is 0.267 e. The molecule has 34 heavy (non-hydrogen) atoms. The third-order valence-corrected chi connectivity index (χ3v) is 8.85. The van der Waals surface area contributed by atoms with Crippen molar-refractivity contribution in [1.82, 2.24) is 4.31 Å². The second kappa shape index (κ2) is 9.43. The Hall–Kier alpha value is -2.83. The Morgan fingerprint density at radius 3 is 2.44 bits per heavy atom. The standard InChI is InChI=1S/C22H27N3O7S2/c1-31-19-11-10-16(34(29,30)24-12-6-3-7-13-24)14-17(19)23-22(26)21-15-25(33(2,27)28)18-8-4-5-9-20(18)32-21/h4-5,8-11,14,21H,3,6-7,12-13,15H2,1-2H3,(H,23,26)/t21-/m0/s1. The SMILES string of the molecule is COc1ccc(S(=O)(=O)N2CCCCC2)cc1NC(=O)[C@@H]1CN(S(C)(=O)=O)c2ccccc2O1. The highest BCUT2D eigenvalue weighted by molar-refractivity contribution is 7.92. The van der Waals surface area contributed by atoms with Crippen LogP contribution in [0.2, 0.25) is 0 Å². The van der Waals surface area contributed by atoms with Gasteiger partial charge >= 0.3 is 0 Å². The van der Waals surface area contributed by atoms with Gasteiger partial charge in [-0.2, -0.15) is 4.31 Å². The number of ether oxygens (including phenoxy) is 2. The number of anilines is 2. The Morgan fingerprint density at radius 1 is 1.06 bits per heavy atom. The van der Waals surface area contributed by atoms with Crippen LogP contribution in [-0.2, 0) is 24.8 Å². The molecule has 0 saturated carbocycles. The van der Waals surface area contributed by atoms with E-state index in [1.165, 1.54) is 29.6 Å². The van der Waals surface area contributed by atoms with E-state index >= 15 is 0 Å². The van der Waals surface area contributed by atoms with Gasteiger partial charge in [-0.05, 0) is 43.2 Å². The Labute approximate surface area is 199 Å². The van der Waals surface area contributed by atoms with Gasteiger partial charge in [0, 0.05) is 13.1 Å². The molecule has 1 atom stereocenters. The Morgan fingerprint density at radius 2 is 1.76 bits per heavy atom. The number of nitrogens with one attached hydrogen (secondary N) is 1. The molecule has 0 aliphatic carbocycles. The number of sulfonamides is 2. The van der Waals surface area contributed by atoms with Crippen LogP contribution in [0.4, 0.5) is 11.4 Å². The summed E-state index contributed by atoms with van der Waals surface area (Å²) in [6, 6.07) is 10.8. The molecule has 0 unspecified atom stereocenters. The topological polar surface area (TPSA) is 122 Å². The van der Waals surface area contributed by atoms with E-state index in [1.807, 2.05) is 0 Å². The van der Waals surface area contributed by atoms with Gasteiger partial charge in [0.15, 0.2) is 6.10 Å². The average molecular weight is 510 g/mol. The predicted octanol–water partition coefficient (Wildman–Crippen LogP) is 2.04. The molecule has 2 aromatic rings. The van der Waals surface area contributed by atoms with E-state index < -0.39 is 32.1 Å². The molecule has 0 aromatic heterocycles. The first-order valence-corrected chi connectivity index (χ1v) is 14.1. The van der Waals surface area contributed by atoms with Crippen LogP contribution >= 0.6 is 0 Å². The van der Waals surface area contributed by atoms with Crippen LogP contribution in [0.15, 0.2) is 47.4 Å². The van der Waals surface area contributed by atoms with Gasteiger partial charge in [-0.1, -0.05) is 18.6 Å². The van der Waals surface area contributed by atoms with E-state index in [-0.39, 0.29) is 28.6 Å². The highest BCUT2D eigenvalue weighted by atomic mass is 32.2. The normalized spacial score (nSPS) is 19.1. The predicted molar refractivity (Wildman–Crippen MR) is 127 cm³/mol. The molecule has 0 spiro atoms. The van der Waals surface area contributed by atoms with Crippen molar-refractivity contribution in [3.05, 3.63) is 42.5 Å². The van der Waals surface area contributed by atoms with E-state index in [0.717, 1.165) is 29.8 Å². The number of carbonyl (C=O) groups is 1. The minimum absolute atomic E-state index is 0.0400. The van der Waals surface area contributed by atoms with E-state index in [4.69, 9.17) is 9.47 Å². The summed E-state index contributed by atoms with van der Waals surface area (Å²) in [6.07, 6.45) is 2.50. The number of piperidine rings is 1. The number of amides is 1. The van der Waals surface area contributed by atoms with Gasteiger partial charge in [-0.3, -0.25) is 9.10 Å². The van der Waals surface area contributed by atoms with Gasteiger partial charge in [-0.25, -0.2) is 16.8 Å². The van der Waals surface area contributed by atoms with Crippen molar-refractivity contribution >= 4 is 37.3 Å². The van der Waals surface area contributed by atoms with Crippen LogP contribution in [0, 0.1) is 0 Å². The largest absolute Gasteiger partial charge is 0.495 e. The molecule has 1 N–H and O–H groups in total. The van der Waals surface area contributed by atoms with Crippen LogP contribution in [0.1, 0.15) is 19.3 Å². The van der Waals surface area contributed by atoms with E-state index in [0.29, 0.717) is 18.8 Å². The molecule has 2 heterocycles. The highest BCUT2D eigenvalue weighted by Gasteiger charge is 2.35. The van der Waals surface area contributed by atoms with Gasteiger partial charge in [0.1, 0.15) is 11.5 Å². The fourth-order valence-corrected chi connectivity index (χ4v) is 6.52. The van der Waals surface area contributed by atoms with Crippen LogP contribution in [-0.4, -0.2) is 66.2 Å². The summed E-state index contributed by atoms with van der Waals surface area (Å²) in [4.78, 5) is 13.1. The lowest BCUT2D eigenvalue weighted by Crippen LogP contribution is -2.48. The molecule has 184 valence electrons. The number of para-hydroxylation sites is 2. The molecule has 1 saturated heterocycles. The molecule has 10 nitrogen and oxygen atoms in total. The maximum atomic E-state index is 13.1. The number of hydrogen-bond donors (Lipinski definition) is 1. The van der Waals surface area contributed by atoms with E-state index in [9.17, 15) is 21.6 Å². The first kappa shape index (κ1) is 24.3. The van der Waals surface area contributed by atoms with Crippen LogP contribution in [0.25, 0.3) is 0 Å². The van der Waals surface area contributed by atoms with Crippen molar-refractivity contribution in [1.29, 1.82) is 0 Å². The number of carbonyl (C=O) groups excluding carboxylic acids is 1. The molecule has 1 amide bonds. The molecule has 2 aliphatic heterocycles. The lowest BCUT2D eigenvalue weighted by atomic mass is 10.2. The van der Waals surface area contributed by atoms with Gasteiger partial charge in [-0.15, -0.1) is 0 Å². The molecule has 0 bridgehead atoms. The molecule has 4 rings (SSSR count). The number of nitrogens with zero attached hydrogens (tertiary/aromatic N) is 2. The number of hydrogen-bond acceptors (Lipinski definition) is 7. The third-order valence-electron chi connectivity index (χ3n) is 5.81. The van der Waals surface area contributed by atoms with Crippen molar-refractivity contribution in [2.75, 3.05) is 42.6 Å². The van der Waals surface area contributed by atoms with Crippen LogP contribution < -0.4 is 19.1 Å². The van der Waals surface area contributed by atoms with Crippen LogP contribution in [0.3, 0.4) is 0 Å². The maximum absolute atomic E-state index is 13.1. The molecular weight excluding hydrogens is 482 g/mol. The number of methoxy groups -OCH3 is 1. The first-order valence-electron chi connectivity index (χ1n) is 10.8. The van der Waals surface area contributed by atoms with Gasteiger partial charge in [0.25, 0.3) is 5.91 Å². The molecule has 0 radical (unpaired) electrons. The zero-order valence-electron chi connectivity index (χ0n) is 18.9. The summed E-state index contributed by atoms with van der Waals surface area (Å²) in [5.74, 6) is -0.108. The van der Waals surface area contributed by atoms with Crippen molar-refractivity contribution in [3.8, 4) is 11.5 Å². The summed E-state index contributed by atoms with van der Waals surface area (Å²) in [5, 5.41) is 2.66. The van der Waals surface area contributed by atoms with Crippen molar-refractivity contribution < 1.29 is 31.1 Å². The summed E-state index contributed by atoms with van der Waals surface area (Å²) in [6.45, 7) is 0.676. The number of fused-ring (bicyclic) bond motifs is 1. The third kappa shape index (κ3) is 4.84. The Balaban J connectivity index is 1.61. The summed E-state index contributed by atoms with van der Waals surface area (Å²) < 4.78 is 64.5. The zero-order valence-corrected chi connectivity index (χ0v) is 20.6. The van der Waals surface area contributed by atoms with E-state index in [2.05, 4.69) is 5.32 Å². The molecule has 1 fully saturated rings. The first-order chi connectivity index (χ1) is 16.1. The summed E-state index contributed by atoms with van der Waals surface area (Å²) in [5.41, 5.74) is 0.500. The van der Waals surface area contributed by atoms with Crippen LogP contribution in [0.5, 0.6) is 11.5 Å². The van der Waals surface area contributed by atoms with Crippen molar-refractivity contribution in [2.45, 2.75) is 30.3 Å². The Bertz CT molecular complexity index is 1290. The molecule has 2 aromatic carbocycles. The van der Waals surface area contributed by atoms with Gasteiger partial charge in [0.05, 0.1) is 36.2 Å². The number of benzene rings is 2. The quantitative estimate of drug-likeness (QED) is 0.632. The monoisotopic (exact) mass is 509 g/mol. The van der Waals surface area contributed by atoms with E-state index in [1.54, 1.807) is 24.3 Å². The highest BCUT2D eigenvalue weighted by Crippen LogP contribution is 2.35. The molecular formula is C22H27N3O7S2. The minimum Gasteiger partial charge on any atom is -0.495 e. The number of rotatable bonds is 6. The fraction of sp³-hybridized carbons (Fsp3) is 0.409. The van der Waals surface area contributed by atoms with Gasteiger partial charge in [0.2, 0.25) is 20.0 Å². The molecule has 2 aliphatic rings.